The van der Waals surface area contributed by atoms with Gasteiger partial charge in [-0.15, -0.1) is 11.3 Å². The summed E-state index contributed by atoms with van der Waals surface area (Å²) >= 11 is 5.07. The highest BCUT2D eigenvalue weighted by molar-refractivity contribution is 9.10. The fourth-order valence-electron chi connectivity index (χ4n) is 4.46. The number of benzene rings is 2. The minimum absolute atomic E-state index is 0.170. The number of fused-ring (bicyclic) bond motifs is 1. The molecule has 0 N–H and O–H groups in total. The van der Waals surface area contributed by atoms with Crippen LogP contribution in [0.4, 0.5) is 0 Å². The quantitative estimate of drug-likeness (QED) is 0.296. The molecule has 1 atom stereocenters. The van der Waals surface area contributed by atoms with Crippen LogP contribution < -0.4 is 0 Å². The van der Waals surface area contributed by atoms with Crippen molar-refractivity contribution in [3.05, 3.63) is 86.0 Å². The molecular formula is C27H31BrN2O4S2. The lowest BCUT2D eigenvalue weighted by Crippen LogP contribution is -2.47. The molecule has 4 rings (SSSR count). The third-order valence-corrected chi connectivity index (χ3v) is 9.73. The molecule has 2 aromatic carbocycles. The van der Waals surface area contributed by atoms with Crippen LogP contribution in [-0.4, -0.2) is 56.4 Å². The Kier molecular flexibility index (Phi) is 9.00. The molecule has 6 nitrogen and oxygen atoms in total. The van der Waals surface area contributed by atoms with Gasteiger partial charge in [-0.3, -0.25) is 4.79 Å². The van der Waals surface area contributed by atoms with E-state index in [1.807, 2.05) is 18.7 Å². The zero-order valence-electron chi connectivity index (χ0n) is 20.5. The summed E-state index contributed by atoms with van der Waals surface area (Å²) in [6.07, 6.45) is 1.28. The number of hydrogen-bond acceptors (Lipinski definition) is 5. The van der Waals surface area contributed by atoms with Crippen LogP contribution >= 0.6 is 27.3 Å². The van der Waals surface area contributed by atoms with E-state index in [4.69, 9.17) is 4.74 Å². The fraction of sp³-hybridized carbons (Fsp3) is 0.370. The number of ether oxygens (including phenoxy) is 1. The predicted molar refractivity (Wildman–Crippen MR) is 147 cm³/mol. The molecule has 1 aliphatic rings. The van der Waals surface area contributed by atoms with Crippen LogP contribution in [0.15, 0.2) is 69.3 Å². The summed E-state index contributed by atoms with van der Waals surface area (Å²) in [6, 6.07) is 16.6. The van der Waals surface area contributed by atoms with Gasteiger partial charge in [0.15, 0.2) is 0 Å². The molecule has 0 saturated carbocycles. The molecule has 1 unspecified atom stereocenters. The van der Waals surface area contributed by atoms with E-state index in [0.29, 0.717) is 26.2 Å². The van der Waals surface area contributed by atoms with Crippen molar-refractivity contribution in [2.24, 2.45) is 0 Å². The van der Waals surface area contributed by atoms with Crippen LogP contribution in [0.1, 0.15) is 41.0 Å². The summed E-state index contributed by atoms with van der Waals surface area (Å²) in [5.74, 6) is -0.200. The maximum atomic E-state index is 13.8. The van der Waals surface area contributed by atoms with E-state index in [-0.39, 0.29) is 29.9 Å². The molecule has 0 bridgehead atoms. The molecule has 2 heterocycles. The molecule has 0 saturated heterocycles. The van der Waals surface area contributed by atoms with E-state index in [9.17, 15) is 13.2 Å². The van der Waals surface area contributed by atoms with Gasteiger partial charge in [0.05, 0.1) is 17.5 Å². The maximum Gasteiger partial charge on any atom is 0.243 e. The number of hydrogen-bond donors (Lipinski definition) is 0. The maximum absolute atomic E-state index is 13.8. The Morgan fingerprint density at radius 3 is 2.56 bits per heavy atom. The van der Waals surface area contributed by atoms with Crippen molar-refractivity contribution in [3.63, 3.8) is 0 Å². The smallest absolute Gasteiger partial charge is 0.243 e. The first kappa shape index (κ1) is 27.0. The van der Waals surface area contributed by atoms with Crippen molar-refractivity contribution < 1.29 is 17.9 Å². The second-order valence-corrected chi connectivity index (χ2v) is 12.6. The minimum atomic E-state index is -3.86. The first-order valence-electron chi connectivity index (χ1n) is 12.1. The number of carbonyl (C=O) groups is 1. The van der Waals surface area contributed by atoms with Crippen molar-refractivity contribution >= 4 is 43.2 Å². The molecule has 36 heavy (non-hydrogen) atoms. The minimum Gasteiger partial charge on any atom is -0.382 e. The average Bonchev–Trinajstić information content (AvgIpc) is 3.35. The number of carbonyl (C=O) groups excluding carboxylic acids is 1. The van der Waals surface area contributed by atoms with Crippen LogP contribution in [-0.2, 0) is 26.0 Å². The fourth-order valence-corrected chi connectivity index (χ4v) is 7.06. The van der Waals surface area contributed by atoms with Gasteiger partial charge in [0, 0.05) is 35.7 Å². The first-order chi connectivity index (χ1) is 17.3. The summed E-state index contributed by atoms with van der Waals surface area (Å²) in [4.78, 5) is 17.1. The predicted octanol–water partition coefficient (Wildman–Crippen LogP) is 5.41. The molecule has 0 spiro atoms. The highest BCUT2D eigenvalue weighted by Crippen LogP contribution is 2.38. The molecule has 192 valence electrons. The third kappa shape index (κ3) is 6.08. The number of thiophene rings is 1. The van der Waals surface area contributed by atoms with Gasteiger partial charge in [0.1, 0.15) is 0 Å². The standard InChI is InChI=1S/C27H31BrN2O4S2/c1-3-34-17-4-15-29(36(32,33)23-11-9-22(28)10-12-23)19-26(31)30-16-13-25-24(14-18-35-25)27(30)21-7-5-20(2)6-8-21/h5-12,14,18,27H,3-4,13,15-17,19H2,1-2H3. The number of sulfonamides is 1. The van der Waals surface area contributed by atoms with Gasteiger partial charge < -0.3 is 9.64 Å². The zero-order valence-corrected chi connectivity index (χ0v) is 23.7. The summed E-state index contributed by atoms with van der Waals surface area (Å²) in [5, 5.41) is 2.07. The van der Waals surface area contributed by atoms with Gasteiger partial charge in [-0.05, 0) is 73.5 Å². The number of amides is 1. The van der Waals surface area contributed by atoms with Gasteiger partial charge in [-0.1, -0.05) is 45.8 Å². The highest BCUT2D eigenvalue weighted by atomic mass is 79.9. The number of rotatable bonds is 10. The molecule has 1 aromatic heterocycles. The van der Waals surface area contributed by atoms with Crippen LogP contribution in [0, 0.1) is 6.92 Å². The monoisotopic (exact) mass is 590 g/mol. The van der Waals surface area contributed by atoms with Gasteiger partial charge in [0.2, 0.25) is 15.9 Å². The molecule has 1 aliphatic heterocycles. The van der Waals surface area contributed by atoms with Crippen LogP contribution in [0.5, 0.6) is 0 Å². The number of halogens is 1. The Hall–Kier alpha value is -2.04. The molecule has 1 amide bonds. The lowest BCUT2D eigenvalue weighted by Gasteiger charge is -2.37. The SMILES string of the molecule is CCOCCCN(CC(=O)N1CCc2sccc2C1c1ccc(C)cc1)S(=O)(=O)c1ccc(Br)cc1. The van der Waals surface area contributed by atoms with Crippen LogP contribution in [0.25, 0.3) is 0 Å². The second-order valence-electron chi connectivity index (χ2n) is 8.79. The van der Waals surface area contributed by atoms with Gasteiger partial charge in [-0.25, -0.2) is 8.42 Å². The molecule has 3 aromatic rings. The highest BCUT2D eigenvalue weighted by Gasteiger charge is 2.35. The third-order valence-electron chi connectivity index (χ3n) is 6.34. The normalized spacial score (nSPS) is 15.8. The van der Waals surface area contributed by atoms with Crippen molar-refractivity contribution in [1.82, 2.24) is 9.21 Å². The summed E-state index contributed by atoms with van der Waals surface area (Å²) in [6.45, 7) is 5.48. The summed E-state index contributed by atoms with van der Waals surface area (Å²) < 4.78 is 34.7. The Labute approximate surface area is 226 Å². The molecule has 0 aliphatic carbocycles. The second kappa shape index (κ2) is 12.0. The van der Waals surface area contributed by atoms with Gasteiger partial charge in [0.25, 0.3) is 0 Å². The number of nitrogens with zero attached hydrogens (tertiary/aromatic N) is 2. The van der Waals surface area contributed by atoms with Crippen molar-refractivity contribution in [2.45, 2.75) is 37.6 Å². The zero-order chi connectivity index (χ0) is 25.7. The van der Waals surface area contributed by atoms with Gasteiger partial charge >= 0.3 is 0 Å². The topological polar surface area (TPSA) is 66.9 Å². The molecular weight excluding hydrogens is 560 g/mol. The van der Waals surface area contributed by atoms with Crippen molar-refractivity contribution in [3.8, 4) is 0 Å². The summed E-state index contributed by atoms with van der Waals surface area (Å²) in [5.41, 5.74) is 3.31. The Balaban J connectivity index is 1.62. The van der Waals surface area contributed by atoms with Crippen LogP contribution in [0.2, 0.25) is 0 Å². The average molecular weight is 592 g/mol. The Morgan fingerprint density at radius 2 is 1.86 bits per heavy atom. The largest absolute Gasteiger partial charge is 0.382 e. The Morgan fingerprint density at radius 1 is 1.14 bits per heavy atom. The summed E-state index contributed by atoms with van der Waals surface area (Å²) in [7, 11) is -3.86. The van der Waals surface area contributed by atoms with Crippen LogP contribution in [0.3, 0.4) is 0 Å². The number of aryl methyl sites for hydroxylation is 1. The van der Waals surface area contributed by atoms with E-state index in [2.05, 4.69) is 51.6 Å². The molecule has 9 heteroatoms. The van der Waals surface area contributed by atoms with E-state index < -0.39 is 10.0 Å². The van der Waals surface area contributed by atoms with Gasteiger partial charge in [-0.2, -0.15) is 4.31 Å². The molecule has 0 radical (unpaired) electrons. The lowest BCUT2D eigenvalue weighted by atomic mass is 9.92. The van der Waals surface area contributed by atoms with Crippen molar-refractivity contribution in [2.75, 3.05) is 32.8 Å². The Bertz CT molecular complexity index is 1270. The molecule has 0 fully saturated rings. The van der Waals surface area contributed by atoms with E-state index in [0.717, 1.165) is 27.6 Å². The first-order valence-corrected chi connectivity index (χ1v) is 15.2. The van der Waals surface area contributed by atoms with E-state index in [1.165, 1.54) is 9.18 Å². The van der Waals surface area contributed by atoms with E-state index in [1.54, 1.807) is 35.6 Å². The lowest BCUT2D eigenvalue weighted by molar-refractivity contribution is -0.133. The van der Waals surface area contributed by atoms with E-state index >= 15 is 0 Å². The van der Waals surface area contributed by atoms with Crippen molar-refractivity contribution in [1.29, 1.82) is 0 Å².